The van der Waals surface area contributed by atoms with Gasteiger partial charge in [-0.15, -0.1) is 11.3 Å². The topological polar surface area (TPSA) is 64.3 Å². The van der Waals surface area contributed by atoms with E-state index in [1.165, 1.54) is 11.3 Å². The number of thiophene rings is 1. The number of aliphatic hydroxyl groups excluding tert-OH is 1. The molecule has 0 saturated carbocycles. The van der Waals surface area contributed by atoms with Gasteiger partial charge in [-0.2, -0.15) is 0 Å². The molecule has 2 aromatic heterocycles. The molecule has 1 N–H and O–H groups in total. The molecule has 6 heteroatoms. The Morgan fingerprint density at radius 3 is 2.70 bits per heavy atom. The van der Waals surface area contributed by atoms with Crippen molar-refractivity contribution in [2.45, 2.75) is 19.9 Å². The van der Waals surface area contributed by atoms with Crippen molar-refractivity contribution in [3.05, 3.63) is 45.8 Å². The molecular formula is C17H18N2O3S. The third kappa shape index (κ3) is 2.87. The number of aromatic nitrogens is 2. The van der Waals surface area contributed by atoms with E-state index in [0.29, 0.717) is 24.2 Å². The number of hydrogen-bond acceptors (Lipinski definition) is 5. The zero-order chi connectivity index (χ0) is 16.4. The molecule has 0 unspecified atom stereocenters. The lowest BCUT2D eigenvalue weighted by Gasteiger charge is -2.09. The molecule has 120 valence electrons. The molecule has 0 fully saturated rings. The first-order valence-corrected chi connectivity index (χ1v) is 8.27. The Labute approximate surface area is 137 Å². The van der Waals surface area contributed by atoms with Crippen molar-refractivity contribution in [3.63, 3.8) is 0 Å². The van der Waals surface area contributed by atoms with Crippen LogP contribution < -0.4 is 10.3 Å². The van der Waals surface area contributed by atoms with E-state index in [0.717, 1.165) is 21.7 Å². The van der Waals surface area contributed by atoms with E-state index in [4.69, 9.17) is 9.84 Å². The summed E-state index contributed by atoms with van der Waals surface area (Å²) in [6, 6.07) is 7.64. The Hall–Kier alpha value is -2.18. The first-order valence-electron chi connectivity index (χ1n) is 7.39. The molecular weight excluding hydrogens is 312 g/mol. The SMILES string of the molecule is COc1ccc(-c2csc3nc(C)n(CCCO)c(=O)c23)cc1. The summed E-state index contributed by atoms with van der Waals surface area (Å²) in [6.45, 7) is 2.35. The van der Waals surface area contributed by atoms with E-state index in [1.54, 1.807) is 11.7 Å². The normalized spacial score (nSPS) is 11.1. The highest BCUT2D eigenvalue weighted by molar-refractivity contribution is 7.17. The second-order valence-corrected chi connectivity index (χ2v) is 6.11. The van der Waals surface area contributed by atoms with Gasteiger partial charge >= 0.3 is 0 Å². The molecule has 3 rings (SSSR count). The summed E-state index contributed by atoms with van der Waals surface area (Å²) in [6.07, 6.45) is 0.538. The Morgan fingerprint density at radius 2 is 2.04 bits per heavy atom. The summed E-state index contributed by atoms with van der Waals surface area (Å²) in [7, 11) is 1.63. The molecule has 0 saturated heterocycles. The van der Waals surface area contributed by atoms with Crippen molar-refractivity contribution < 1.29 is 9.84 Å². The Bertz CT molecular complexity index is 881. The number of hydrogen-bond donors (Lipinski definition) is 1. The average Bonchev–Trinajstić information content (AvgIpc) is 2.98. The third-order valence-electron chi connectivity index (χ3n) is 3.83. The predicted molar refractivity (Wildman–Crippen MR) is 92.3 cm³/mol. The quantitative estimate of drug-likeness (QED) is 0.781. The summed E-state index contributed by atoms with van der Waals surface area (Å²) in [5.74, 6) is 1.46. The number of nitrogens with zero attached hydrogens (tertiary/aromatic N) is 2. The molecule has 0 aliphatic heterocycles. The second-order valence-electron chi connectivity index (χ2n) is 5.25. The number of rotatable bonds is 5. The zero-order valence-corrected chi connectivity index (χ0v) is 13.9. The summed E-state index contributed by atoms with van der Waals surface area (Å²) in [5, 5.41) is 11.6. The van der Waals surface area contributed by atoms with Crippen LogP contribution in [0.1, 0.15) is 12.2 Å². The predicted octanol–water partition coefficient (Wildman–Crippen LogP) is 2.82. The van der Waals surface area contributed by atoms with Crippen LogP contribution in [0.2, 0.25) is 0 Å². The fourth-order valence-corrected chi connectivity index (χ4v) is 3.58. The highest BCUT2D eigenvalue weighted by atomic mass is 32.1. The minimum Gasteiger partial charge on any atom is -0.497 e. The number of methoxy groups -OCH3 is 1. The zero-order valence-electron chi connectivity index (χ0n) is 13.1. The van der Waals surface area contributed by atoms with Crippen LogP contribution >= 0.6 is 11.3 Å². The monoisotopic (exact) mass is 330 g/mol. The van der Waals surface area contributed by atoms with Crippen molar-refractivity contribution in [1.29, 1.82) is 0 Å². The molecule has 0 bridgehead atoms. The van der Waals surface area contributed by atoms with E-state index >= 15 is 0 Å². The lowest BCUT2D eigenvalue weighted by atomic mass is 10.1. The highest BCUT2D eigenvalue weighted by Gasteiger charge is 2.15. The molecule has 1 aromatic carbocycles. The summed E-state index contributed by atoms with van der Waals surface area (Å²) in [4.78, 5) is 18.1. The van der Waals surface area contributed by atoms with Gasteiger partial charge in [-0.1, -0.05) is 12.1 Å². The van der Waals surface area contributed by atoms with Gasteiger partial charge in [0.15, 0.2) is 0 Å². The molecule has 0 atom stereocenters. The fraction of sp³-hybridized carbons (Fsp3) is 0.294. The van der Waals surface area contributed by atoms with Crippen LogP contribution in [0.15, 0.2) is 34.4 Å². The number of benzene rings is 1. The molecule has 23 heavy (non-hydrogen) atoms. The number of aryl methyl sites for hydroxylation is 1. The maximum absolute atomic E-state index is 12.9. The first-order chi connectivity index (χ1) is 11.2. The number of fused-ring (bicyclic) bond motifs is 1. The summed E-state index contributed by atoms with van der Waals surface area (Å²) >= 11 is 1.47. The maximum Gasteiger partial charge on any atom is 0.262 e. The molecule has 0 spiro atoms. The van der Waals surface area contributed by atoms with Crippen molar-refractivity contribution in [2.75, 3.05) is 13.7 Å². The van der Waals surface area contributed by atoms with Gasteiger partial charge in [0, 0.05) is 24.1 Å². The van der Waals surface area contributed by atoms with Crippen LogP contribution in [-0.2, 0) is 6.54 Å². The van der Waals surface area contributed by atoms with E-state index < -0.39 is 0 Å². The van der Waals surface area contributed by atoms with Gasteiger partial charge in [0.05, 0.1) is 12.5 Å². The van der Waals surface area contributed by atoms with Crippen LogP contribution in [0, 0.1) is 6.92 Å². The number of aliphatic hydroxyl groups is 1. The first kappa shape index (κ1) is 15.7. The molecule has 3 aromatic rings. The fourth-order valence-electron chi connectivity index (χ4n) is 2.60. The van der Waals surface area contributed by atoms with Crippen LogP contribution in [0.25, 0.3) is 21.3 Å². The smallest absolute Gasteiger partial charge is 0.262 e. The van der Waals surface area contributed by atoms with E-state index in [-0.39, 0.29) is 12.2 Å². The standard InChI is InChI=1S/C17H18N2O3S/c1-11-18-16-15(17(21)19(11)8-3-9-20)14(10-23-16)12-4-6-13(22-2)7-5-12/h4-7,10,20H,3,8-9H2,1-2H3. The van der Waals surface area contributed by atoms with Gasteiger partial charge < -0.3 is 9.84 Å². The molecule has 2 heterocycles. The minimum absolute atomic E-state index is 0.0481. The summed E-state index contributed by atoms with van der Waals surface area (Å²) in [5.41, 5.74) is 1.81. The largest absolute Gasteiger partial charge is 0.497 e. The molecule has 0 radical (unpaired) electrons. The lowest BCUT2D eigenvalue weighted by Crippen LogP contribution is -2.24. The van der Waals surface area contributed by atoms with Gasteiger partial charge in [0.25, 0.3) is 5.56 Å². The van der Waals surface area contributed by atoms with Crippen molar-refractivity contribution in [1.82, 2.24) is 9.55 Å². The van der Waals surface area contributed by atoms with Crippen LogP contribution in [-0.4, -0.2) is 28.4 Å². The molecule has 0 aliphatic carbocycles. The van der Waals surface area contributed by atoms with E-state index in [2.05, 4.69) is 4.98 Å². The Morgan fingerprint density at radius 1 is 1.30 bits per heavy atom. The average molecular weight is 330 g/mol. The Balaban J connectivity index is 2.16. The van der Waals surface area contributed by atoms with Gasteiger partial charge in [-0.3, -0.25) is 9.36 Å². The molecule has 5 nitrogen and oxygen atoms in total. The lowest BCUT2D eigenvalue weighted by molar-refractivity contribution is 0.278. The van der Waals surface area contributed by atoms with Gasteiger partial charge in [-0.05, 0) is 31.0 Å². The molecule has 0 amide bonds. The Kier molecular flexibility index (Phi) is 4.45. The van der Waals surface area contributed by atoms with Gasteiger partial charge in [0.2, 0.25) is 0 Å². The van der Waals surface area contributed by atoms with Crippen LogP contribution in [0.5, 0.6) is 5.75 Å². The number of ether oxygens (including phenoxy) is 1. The second kappa shape index (κ2) is 6.52. The van der Waals surface area contributed by atoms with Crippen molar-refractivity contribution in [2.24, 2.45) is 0 Å². The van der Waals surface area contributed by atoms with Crippen LogP contribution in [0.3, 0.4) is 0 Å². The maximum atomic E-state index is 12.9. The molecule has 0 aliphatic rings. The highest BCUT2D eigenvalue weighted by Crippen LogP contribution is 2.31. The van der Waals surface area contributed by atoms with Crippen molar-refractivity contribution in [3.8, 4) is 16.9 Å². The van der Waals surface area contributed by atoms with Crippen LogP contribution in [0.4, 0.5) is 0 Å². The van der Waals surface area contributed by atoms with E-state index in [1.807, 2.05) is 36.6 Å². The van der Waals surface area contributed by atoms with Crippen molar-refractivity contribution >= 4 is 21.6 Å². The van der Waals surface area contributed by atoms with Gasteiger partial charge in [0.1, 0.15) is 16.4 Å². The van der Waals surface area contributed by atoms with Gasteiger partial charge in [-0.25, -0.2) is 4.98 Å². The van der Waals surface area contributed by atoms with E-state index in [9.17, 15) is 4.79 Å². The minimum atomic E-state index is -0.0481. The summed E-state index contributed by atoms with van der Waals surface area (Å²) < 4.78 is 6.81. The third-order valence-corrected chi connectivity index (χ3v) is 4.70.